The van der Waals surface area contributed by atoms with Crippen molar-refractivity contribution in [2.24, 2.45) is 4.99 Å². The van der Waals surface area contributed by atoms with Crippen LogP contribution in [0.1, 0.15) is 43.7 Å². The monoisotopic (exact) mass is 393 g/mol. The van der Waals surface area contributed by atoms with Crippen LogP contribution in [0.3, 0.4) is 0 Å². The van der Waals surface area contributed by atoms with Gasteiger partial charge in [0.25, 0.3) is 0 Å². The fraction of sp³-hybridized carbons (Fsp3) is 0.667. The second kappa shape index (κ2) is 9.65. The Hall–Kier alpha value is -1.73. The molecule has 1 heterocycles. The van der Waals surface area contributed by atoms with Crippen molar-refractivity contribution >= 4 is 5.96 Å². The van der Waals surface area contributed by atoms with Gasteiger partial charge in [0, 0.05) is 44.3 Å². The molecule has 1 saturated heterocycles. The summed E-state index contributed by atoms with van der Waals surface area (Å²) in [4.78, 5) is 8.72. The van der Waals surface area contributed by atoms with Crippen LogP contribution >= 0.6 is 0 Å². The van der Waals surface area contributed by atoms with Crippen molar-refractivity contribution in [3.63, 3.8) is 0 Å². The van der Waals surface area contributed by atoms with Crippen molar-refractivity contribution in [3.05, 3.63) is 35.4 Å². The lowest BCUT2D eigenvalue weighted by Crippen LogP contribution is -2.47. The lowest BCUT2D eigenvalue weighted by atomic mass is 10.0. The van der Waals surface area contributed by atoms with Crippen molar-refractivity contribution in [2.75, 3.05) is 40.8 Å². The van der Waals surface area contributed by atoms with Crippen molar-refractivity contribution in [1.82, 2.24) is 20.4 Å². The molecule has 1 aliphatic carbocycles. The maximum Gasteiger partial charge on any atom is 0.191 e. The van der Waals surface area contributed by atoms with E-state index in [-0.39, 0.29) is 5.56 Å². The molecule has 0 amide bonds. The fourth-order valence-electron chi connectivity index (χ4n) is 4.46. The first-order chi connectivity index (χ1) is 13.5. The zero-order chi connectivity index (χ0) is 20.1. The first-order valence-electron chi connectivity index (χ1n) is 10.3. The summed E-state index contributed by atoms with van der Waals surface area (Å²) in [7, 11) is 5.38. The van der Waals surface area contributed by atoms with Crippen LogP contribution in [-0.2, 0) is 0 Å². The van der Waals surface area contributed by atoms with Crippen LogP contribution in [0.25, 0.3) is 0 Å². The lowest BCUT2D eigenvalue weighted by molar-refractivity contribution is 0.242. The van der Waals surface area contributed by atoms with Crippen LogP contribution in [-0.4, -0.2) is 68.6 Å². The van der Waals surface area contributed by atoms with Gasteiger partial charge in [-0.2, -0.15) is 0 Å². The maximum atomic E-state index is 14.2. The molecular formula is C21H33F2N5. The number of guanidine groups is 1. The molecule has 1 saturated carbocycles. The average Bonchev–Trinajstić information content (AvgIpc) is 3.34. The molecule has 0 radical (unpaired) electrons. The Balaban J connectivity index is 1.57. The van der Waals surface area contributed by atoms with E-state index in [2.05, 4.69) is 20.5 Å². The Labute approximate surface area is 167 Å². The summed E-state index contributed by atoms with van der Waals surface area (Å²) in [5.41, 5.74) is 0.0868. The highest BCUT2D eigenvalue weighted by atomic mass is 19.1. The van der Waals surface area contributed by atoms with Crippen LogP contribution in [0, 0.1) is 11.6 Å². The van der Waals surface area contributed by atoms with Crippen LogP contribution < -0.4 is 10.6 Å². The zero-order valence-electron chi connectivity index (χ0n) is 17.2. The highest BCUT2D eigenvalue weighted by Crippen LogP contribution is 2.27. The van der Waals surface area contributed by atoms with Gasteiger partial charge in [-0.05, 0) is 45.5 Å². The molecule has 1 aliphatic heterocycles. The summed E-state index contributed by atoms with van der Waals surface area (Å²) in [6, 6.07) is 4.67. The minimum Gasteiger partial charge on any atom is -0.354 e. The topological polar surface area (TPSA) is 42.9 Å². The summed E-state index contributed by atoms with van der Waals surface area (Å²) < 4.78 is 28.5. The van der Waals surface area contributed by atoms with Gasteiger partial charge in [-0.15, -0.1) is 0 Å². The third-order valence-electron chi connectivity index (χ3n) is 6.04. The molecule has 1 aromatic carbocycles. The van der Waals surface area contributed by atoms with E-state index < -0.39 is 17.7 Å². The quantitative estimate of drug-likeness (QED) is 0.576. The van der Waals surface area contributed by atoms with E-state index in [1.54, 1.807) is 7.05 Å². The van der Waals surface area contributed by atoms with Gasteiger partial charge in [-0.3, -0.25) is 9.89 Å². The van der Waals surface area contributed by atoms with E-state index in [9.17, 15) is 8.78 Å². The van der Waals surface area contributed by atoms with Crippen LogP contribution in [0.15, 0.2) is 23.2 Å². The first-order valence-corrected chi connectivity index (χ1v) is 10.3. The number of likely N-dealkylation sites (tertiary alicyclic amines) is 1. The molecule has 2 atom stereocenters. The standard InChI is InChI=1S/C21H33F2N5/c1-24-21(26-15-11-12-28(14-15)16-7-4-5-8-16)25-13-19(27(2)3)20-17(22)9-6-10-18(20)23/h6,9-10,15-16,19H,4-5,7-8,11-14H2,1-3H3,(H2,24,25,26). The summed E-state index contributed by atoms with van der Waals surface area (Å²) in [5, 5.41) is 6.75. The molecule has 0 bridgehead atoms. The van der Waals surface area contributed by atoms with E-state index >= 15 is 0 Å². The third kappa shape index (κ3) is 5.00. The average molecular weight is 394 g/mol. The van der Waals surface area contributed by atoms with E-state index in [0.717, 1.165) is 25.6 Å². The molecule has 3 rings (SSSR count). The van der Waals surface area contributed by atoms with Crippen LogP contribution in [0.5, 0.6) is 0 Å². The van der Waals surface area contributed by atoms with E-state index in [0.29, 0.717) is 18.5 Å². The van der Waals surface area contributed by atoms with Gasteiger partial charge >= 0.3 is 0 Å². The highest BCUT2D eigenvalue weighted by molar-refractivity contribution is 5.80. The Morgan fingerprint density at radius 1 is 1.21 bits per heavy atom. The summed E-state index contributed by atoms with van der Waals surface area (Å²) in [5.74, 6) is -0.361. The fourth-order valence-corrected chi connectivity index (χ4v) is 4.46. The molecule has 2 aliphatic rings. The molecule has 1 aromatic rings. The third-order valence-corrected chi connectivity index (χ3v) is 6.04. The number of hydrogen-bond acceptors (Lipinski definition) is 3. The highest BCUT2D eigenvalue weighted by Gasteiger charge is 2.30. The molecule has 28 heavy (non-hydrogen) atoms. The predicted octanol–water partition coefficient (Wildman–Crippen LogP) is 2.75. The van der Waals surface area contributed by atoms with Gasteiger partial charge in [0.05, 0.1) is 6.04 Å². The zero-order valence-corrected chi connectivity index (χ0v) is 17.2. The number of likely N-dealkylation sites (N-methyl/N-ethyl adjacent to an activating group) is 1. The van der Waals surface area contributed by atoms with E-state index in [1.165, 1.54) is 43.9 Å². The van der Waals surface area contributed by atoms with Gasteiger partial charge in [0.15, 0.2) is 5.96 Å². The van der Waals surface area contributed by atoms with E-state index in [1.807, 2.05) is 19.0 Å². The molecule has 2 fully saturated rings. The van der Waals surface area contributed by atoms with Crippen molar-refractivity contribution < 1.29 is 8.78 Å². The summed E-state index contributed by atoms with van der Waals surface area (Å²) in [6.45, 7) is 2.52. The van der Waals surface area contributed by atoms with Gasteiger partial charge in [0.2, 0.25) is 0 Å². The molecule has 0 spiro atoms. The van der Waals surface area contributed by atoms with Crippen molar-refractivity contribution in [3.8, 4) is 0 Å². The number of nitrogens with one attached hydrogen (secondary N) is 2. The lowest BCUT2D eigenvalue weighted by Gasteiger charge is -2.27. The molecule has 156 valence electrons. The number of benzene rings is 1. The van der Waals surface area contributed by atoms with E-state index in [4.69, 9.17) is 0 Å². The minimum atomic E-state index is -0.522. The SMILES string of the molecule is CN=C(NCC(c1c(F)cccc1F)N(C)C)NC1CCN(C2CCCC2)C1. The molecule has 2 unspecified atom stereocenters. The second-order valence-corrected chi connectivity index (χ2v) is 8.13. The summed E-state index contributed by atoms with van der Waals surface area (Å²) >= 11 is 0. The van der Waals surface area contributed by atoms with Gasteiger partial charge in [-0.1, -0.05) is 18.9 Å². The van der Waals surface area contributed by atoms with Gasteiger partial charge < -0.3 is 15.5 Å². The van der Waals surface area contributed by atoms with Gasteiger partial charge in [-0.25, -0.2) is 8.78 Å². The molecule has 0 aromatic heterocycles. The Morgan fingerprint density at radius 2 is 1.89 bits per heavy atom. The Bertz CT molecular complexity index is 653. The Morgan fingerprint density at radius 3 is 2.50 bits per heavy atom. The smallest absolute Gasteiger partial charge is 0.191 e. The Kier molecular flexibility index (Phi) is 7.24. The number of halogens is 2. The second-order valence-electron chi connectivity index (χ2n) is 8.13. The largest absolute Gasteiger partial charge is 0.354 e. The predicted molar refractivity (Wildman–Crippen MR) is 110 cm³/mol. The van der Waals surface area contributed by atoms with Crippen molar-refractivity contribution in [2.45, 2.75) is 50.2 Å². The first kappa shape index (κ1) is 21.0. The molecule has 2 N–H and O–H groups in total. The number of hydrogen-bond donors (Lipinski definition) is 2. The summed E-state index contributed by atoms with van der Waals surface area (Å²) in [6.07, 6.45) is 6.43. The number of aliphatic imine (C=N–C) groups is 1. The number of rotatable bonds is 6. The number of nitrogens with zero attached hydrogens (tertiary/aromatic N) is 3. The van der Waals surface area contributed by atoms with Crippen LogP contribution in [0.4, 0.5) is 8.78 Å². The van der Waals surface area contributed by atoms with Crippen LogP contribution in [0.2, 0.25) is 0 Å². The molecular weight excluding hydrogens is 360 g/mol. The maximum absolute atomic E-state index is 14.2. The normalized spacial score (nSPS) is 22.8. The van der Waals surface area contributed by atoms with Crippen molar-refractivity contribution in [1.29, 1.82) is 0 Å². The van der Waals surface area contributed by atoms with Gasteiger partial charge in [0.1, 0.15) is 11.6 Å². The molecule has 7 heteroatoms. The molecule has 5 nitrogen and oxygen atoms in total. The minimum absolute atomic E-state index is 0.0868.